The van der Waals surface area contributed by atoms with E-state index in [4.69, 9.17) is 4.74 Å². The van der Waals surface area contributed by atoms with E-state index in [-0.39, 0.29) is 18.2 Å². The molecule has 0 aliphatic heterocycles. The van der Waals surface area contributed by atoms with Crippen molar-refractivity contribution < 1.29 is 14.3 Å². The molecule has 3 rings (SSSR count). The Bertz CT molecular complexity index is 774. The van der Waals surface area contributed by atoms with Gasteiger partial charge in [-0.15, -0.1) is 0 Å². The third-order valence-electron chi connectivity index (χ3n) is 4.83. The summed E-state index contributed by atoms with van der Waals surface area (Å²) in [5, 5.41) is 5.84. The molecule has 0 unspecified atom stereocenters. The molecule has 28 heavy (non-hydrogen) atoms. The first-order valence-corrected chi connectivity index (χ1v) is 9.91. The standard InChI is InChI=1S/C22H27N3O3/c26-20(25-19-9-5-2-6-10-19)12-14-24-22(27)18-11-13-23-21(15-18)28-16-17-7-3-1-4-8-17/h1,3-4,7-8,11,13,15,19H,2,5-6,9-10,12,14,16H2,(H,24,27)(H,25,26). The Labute approximate surface area is 165 Å². The molecule has 0 saturated heterocycles. The molecule has 6 nitrogen and oxygen atoms in total. The van der Waals surface area contributed by atoms with Crippen LogP contribution >= 0.6 is 0 Å². The first-order valence-electron chi connectivity index (χ1n) is 9.91. The Hall–Kier alpha value is -2.89. The number of nitrogens with one attached hydrogen (secondary N) is 2. The van der Waals surface area contributed by atoms with Crippen LogP contribution in [0.1, 0.15) is 54.4 Å². The van der Waals surface area contributed by atoms with Crippen molar-refractivity contribution >= 4 is 11.8 Å². The van der Waals surface area contributed by atoms with Gasteiger partial charge in [-0.25, -0.2) is 4.98 Å². The predicted octanol–water partition coefficient (Wildman–Crippen LogP) is 3.23. The van der Waals surface area contributed by atoms with Gasteiger partial charge in [0, 0.05) is 36.8 Å². The van der Waals surface area contributed by atoms with Crippen LogP contribution in [0.5, 0.6) is 5.88 Å². The lowest BCUT2D eigenvalue weighted by molar-refractivity contribution is -0.121. The van der Waals surface area contributed by atoms with E-state index >= 15 is 0 Å². The molecular weight excluding hydrogens is 354 g/mol. The van der Waals surface area contributed by atoms with Gasteiger partial charge in [-0.3, -0.25) is 9.59 Å². The first kappa shape index (κ1) is 19.9. The maximum atomic E-state index is 12.3. The van der Waals surface area contributed by atoms with Gasteiger partial charge in [0.25, 0.3) is 5.91 Å². The highest BCUT2D eigenvalue weighted by atomic mass is 16.5. The molecule has 1 heterocycles. The van der Waals surface area contributed by atoms with E-state index in [2.05, 4.69) is 15.6 Å². The number of hydrogen-bond donors (Lipinski definition) is 2. The van der Waals surface area contributed by atoms with Gasteiger partial charge >= 0.3 is 0 Å². The molecule has 6 heteroatoms. The number of hydrogen-bond acceptors (Lipinski definition) is 4. The van der Waals surface area contributed by atoms with Crippen molar-refractivity contribution in [2.45, 2.75) is 51.2 Å². The largest absolute Gasteiger partial charge is 0.473 e. The number of pyridine rings is 1. The minimum absolute atomic E-state index is 0.00573. The maximum absolute atomic E-state index is 12.3. The monoisotopic (exact) mass is 381 g/mol. The summed E-state index contributed by atoms with van der Waals surface area (Å²) in [6.07, 6.45) is 7.56. The van der Waals surface area contributed by atoms with Crippen molar-refractivity contribution in [2.24, 2.45) is 0 Å². The Morgan fingerprint density at radius 2 is 1.86 bits per heavy atom. The molecule has 148 valence electrons. The molecule has 2 N–H and O–H groups in total. The van der Waals surface area contributed by atoms with Crippen LogP contribution in [-0.2, 0) is 11.4 Å². The van der Waals surface area contributed by atoms with Gasteiger partial charge in [0.15, 0.2) is 0 Å². The highest BCUT2D eigenvalue weighted by Crippen LogP contribution is 2.17. The zero-order valence-corrected chi connectivity index (χ0v) is 16.0. The molecule has 0 atom stereocenters. The van der Waals surface area contributed by atoms with Gasteiger partial charge in [-0.05, 0) is 24.5 Å². The number of benzene rings is 1. The number of amides is 2. The van der Waals surface area contributed by atoms with Crippen LogP contribution in [0.3, 0.4) is 0 Å². The van der Waals surface area contributed by atoms with Crippen molar-refractivity contribution in [3.05, 3.63) is 59.8 Å². The fourth-order valence-electron chi connectivity index (χ4n) is 3.30. The van der Waals surface area contributed by atoms with E-state index < -0.39 is 0 Å². The summed E-state index contributed by atoms with van der Waals surface area (Å²) in [6, 6.07) is 13.3. The predicted molar refractivity (Wildman–Crippen MR) is 107 cm³/mol. The number of carbonyl (C=O) groups is 2. The first-order chi connectivity index (χ1) is 13.7. The lowest BCUT2D eigenvalue weighted by atomic mass is 9.95. The second-order valence-corrected chi connectivity index (χ2v) is 7.07. The molecule has 1 aliphatic rings. The number of rotatable bonds is 8. The van der Waals surface area contributed by atoms with Crippen molar-refractivity contribution in [3.8, 4) is 5.88 Å². The highest BCUT2D eigenvalue weighted by Gasteiger charge is 2.15. The second-order valence-electron chi connectivity index (χ2n) is 7.07. The minimum Gasteiger partial charge on any atom is -0.473 e. The zero-order chi connectivity index (χ0) is 19.6. The van der Waals surface area contributed by atoms with Crippen molar-refractivity contribution in [2.75, 3.05) is 6.54 Å². The smallest absolute Gasteiger partial charge is 0.251 e. The summed E-state index contributed by atoms with van der Waals surface area (Å²) < 4.78 is 5.65. The molecule has 2 aromatic rings. The molecule has 0 radical (unpaired) electrons. The zero-order valence-electron chi connectivity index (χ0n) is 16.0. The molecule has 1 fully saturated rings. The SMILES string of the molecule is O=C(CCNC(=O)c1ccnc(OCc2ccccc2)c1)NC1CCCCC1. The molecule has 1 saturated carbocycles. The maximum Gasteiger partial charge on any atom is 0.251 e. The van der Waals surface area contributed by atoms with Gasteiger partial charge in [0.05, 0.1) is 0 Å². The summed E-state index contributed by atoms with van der Waals surface area (Å²) in [7, 11) is 0. The van der Waals surface area contributed by atoms with E-state index in [0.717, 1.165) is 18.4 Å². The van der Waals surface area contributed by atoms with Crippen LogP contribution in [0.2, 0.25) is 0 Å². The number of ether oxygens (including phenoxy) is 1. The molecule has 1 aromatic carbocycles. The van der Waals surface area contributed by atoms with Gasteiger partial charge in [0.1, 0.15) is 6.61 Å². The average Bonchev–Trinajstić information content (AvgIpc) is 2.74. The fourth-order valence-corrected chi connectivity index (χ4v) is 3.30. The van der Waals surface area contributed by atoms with Crippen LogP contribution in [0, 0.1) is 0 Å². The molecule has 2 amide bonds. The van der Waals surface area contributed by atoms with E-state index in [9.17, 15) is 9.59 Å². The van der Waals surface area contributed by atoms with Gasteiger partial charge in [-0.1, -0.05) is 49.6 Å². The van der Waals surface area contributed by atoms with Crippen LogP contribution < -0.4 is 15.4 Å². The molecule has 1 aliphatic carbocycles. The highest BCUT2D eigenvalue weighted by molar-refractivity contribution is 5.94. The van der Waals surface area contributed by atoms with Crippen molar-refractivity contribution in [1.29, 1.82) is 0 Å². The summed E-state index contributed by atoms with van der Waals surface area (Å²) in [5.41, 5.74) is 1.49. The fraction of sp³-hybridized carbons (Fsp3) is 0.409. The Morgan fingerprint density at radius 1 is 1.07 bits per heavy atom. The average molecular weight is 381 g/mol. The van der Waals surface area contributed by atoms with E-state index in [0.29, 0.717) is 30.6 Å². The van der Waals surface area contributed by atoms with E-state index in [1.54, 1.807) is 18.3 Å². The number of nitrogens with zero attached hydrogens (tertiary/aromatic N) is 1. The normalized spacial score (nSPS) is 14.3. The summed E-state index contributed by atoms with van der Waals surface area (Å²) in [4.78, 5) is 28.5. The van der Waals surface area contributed by atoms with E-state index in [1.165, 1.54) is 19.3 Å². The summed E-state index contributed by atoms with van der Waals surface area (Å²) in [6.45, 7) is 0.695. The Kier molecular flexibility index (Phi) is 7.41. The molecule has 1 aromatic heterocycles. The second kappa shape index (κ2) is 10.4. The van der Waals surface area contributed by atoms with E-state index in [1.807, 2.05) is 30.3 Å². The van der Waals surface area contributed by atoms with Crippen LogP contribution in [0.25, 0.3) is 0 Å². The van der Waals surface area contributed by atoms with Crippen LogP contribution in [-0.4, -0.2) is 29.4 Å². The molecular formula is C22H27N3O3. The Morgan fingerprint density at radius 3 is 2.64 bits per heavy atom. The van der Waals surface area contributed by atoms with Crippen molar-refractivity contribution in [1.82, 2.24) is 15.6 Å². The van der Waals surface area contributed by atoms with Gasteiger partial charge in [0.2, 0.25) is 11.8 Å². The number of aromatic nitrogens is 1. The minimum atomic E-state index is -0.238. The Balaban J connectivity index is 1.41. The summed E-state index contributed by atoms with van der Waals surface area (Å²) in [5.74, 6) is 0.151. The summed E-state index contributed by atoms with van der Waals surface area (Å²) >= 11 is 0. The van der Waals surface area contributed by atoms with Crippen LogP contribution in [0.15, 0.2) is 48.7 Å². The topological polar surface area (TPSA) is 80.3 Å². The van der Waals surface area contributed by atoms with Crippen molar-refractivity contribution in [3.63, 3.8) is 0 Å². The third kappa shape index (κ3) is 6.37. The quantitative estimate of drug-likeness (QED) is 0.736. The van der Waals surface area contributed by atoms with Crippen LogP contribution in [0.4, 0.5) is 0 Å². The lowest BCUT2D eigenvalue weighted by Crippen LogP contribution is -2.38. The lowest BCUT2D eigenvalue weighted by Gasteiger charge is -2.22. The third-order valence-corrected chi connectivity index (χ3v) is 4.83. The number of carbonyl (C=O) groups excluding carboxylic acids is 2. The van der Waals surface area contributed by atoms with Gasteiger partial charge < -0.3 is 15.4 Å². The molecule has 0 bridgehead atoms. The molecule has 0 spiro atoms. The van der Waals surface area contributed by atoms with Gasteiger partial charge in [-0.2, -0.15) is 0 Å².